The van der Waals surface area contributed by atoms with Crippen LogP contribution in [0.3, 0.4) is 0 Å². The molecule has 4 rings (SSSR count). The summed E-state index contributed by atoms with van der Waals surface area (Å²) < 4.78 is 0. The van der Waals surface area contributed by atoms with E-state index in [1.807, 2.05) is 6.08 Å². The molecule has 0 aliphatic heterocycles. The molecule has 4 heteroatoms. The van der Waals surface area contributed by atoms with Crippen LogP contribution in [0, 0.1) is 0 Å². The van der Waals surface area contributed by atoms with Gasteiger partial charge in [0.1, 0.15) is 0 Å². The van der Waals surface area contributed by atoms with Crippen LogP contribution in [0.25, 0.3) is 11.1 Å². The van der Waals surface area contributed by atoms with Gasteiger partial charge in [0.25, 0.3) is 5.87 Å². The summed E-state index contributed by atoms with van der Waals surface area (Å²) in [5, 5.41) is 0. The summed E-state index contributed by atoms with van der Waals surface area (Å²) in [5.74, 6) is 2.76. The van der Waals surface area contributed by atoms with E-state index in [1.165, 1.54) is 208 Å². The number of nitrogens with zero attached hydrogens (tertiary/aromatic N) is 2. The molecule has 70 heavy (non-hydrogen) atoms. The van der Waals surface area contributed by atoms with Crippen molar-refractivity contribution in [1.82, 2.24) is 0 Å². The Hall–Kier alpha value is -3.60. The van der Waals surface area contributed by atoms with Crippen molar-refractivity contribution in [2.75, 3.05) is 0 Å². The summed E-state index contributed by atoms with van der Waals surface area (Å²) in [6.45, 7) is 11.9. The zero-order valence-electron chi connectivity index (χ0n) is 45.3. The first-order valence-corrected chi connectivity index (χ1v) is 34.3. The normalized spacial score (nSPS) is 11.8. The number of rotatable bonds is 38. The van der Waals surface area contributed by atoms with E-state index in [9.17, 15) is 5.53 Å². The molecular weight excluding hydrogens is 955 g/mol. The Labute approximate surface area is 440 Å². The molecule has 0 aromatic heterocycles. The van der Waals surface area contributed by atoms with Crippen LogP contribution in [-0.2, 0) is 43.3 Å². The van der Waals surface area contributed by atoms with Gasteiger partial charge in [-0.05, 0) is 72.4 Å². The molecule has 0 radical (unpaired) electrons. The minimum atomic E-state index is -1.26. The zero-order chi connectivity index (χ0) is 50.0. The second-order valence-electron chi connectivity index (χ2n) is 20.9. The van der Waals surface area contributed by atoms with Crippen LogP contribution in [0.2, 0.25) is 29.4 Å². The fourth-order valence-electron chi connectivity index (χ4n) is 9.34. The van der Waals surface area contributed by atoms with Gasteiger partial charge in [0, 0.05) is 8.07 Å². The van der Waals surface area contributed by atoms with Crippen molar-refractivity contribution in [1.29, 1.82) is 0 Å². The molecule has 0 spiro atoms. The van der Waals surface area contributed by atoms with E-state index in [1.54, 1.807) is 0 Å². The van der Waals surface area contributed by atoms with Crippen LogP contribution in [0.1, 0.15) is 208 Å². The fourth-order valence-corrected chi connectivity index (χ4v) is 12.6. The molecule has 0 aliphatic carbocycles. The number of hydrogen-bond acceptors (Lipinski definition) is 0. The molecule has 0 N–H and O–H groups in total. The molecule has 0 aliphatic rings. The summed E-state index contributed by atoms with van der Waals surface area (Å²) in [5.41, 5.74) is 20.0. The van der Waals surface area contributed by atoms with Gasteiger partial charge in [-0.1, -0.05) is 228 Å². The van der Waals surface area contributed by atoms with Crippen molar-refractivity contribution in [3.63, 3.8) is 0 Å². The molecule has 4 aromatic rings. The molecule has 0 atom stereocenters. The third kappa shape index (κ3) is 30.3. The van der Waals surface area contributed by atoms with E-state index >= 15 is 0 Å². The fraction of sp³-hybridized carbons (Fsp3) is 0.545. The van der Waals surface area contributed by atoms with Gasteiger partial charge < -0.3 is 5.53 Å². The first kappa shape index (κ1) is 60.7. The van der Waals surface area contributed by atoms with Crippen molar-refractivity contribution in [2.45, 2.75) is 229 Å². The average Bonchev–Trinajstić information content (AvgIpc) is 3.36. The summed E-state index contributed by atoms with van der Waals surface area (Å²) in [4.78, 5) is 5.94. The Balaban J connectivity index is 0.000000633. The van der Waals surface area contributed by atoms with Crippen molar-refractivity contribution >= 4 is 19.5 Å². The molecule has 0 saturated heterocycles. The van der Waals surface area contributed by atoms with Gasteiger partial charge in [-0.25, -0.2) is 0 Å². The number of aryl methyl sites for hydroxylation is 3. The second-order valence-corrected chi connectivity index (χ2v) is 28.7. The standard InChI is InChI=1S/C50H80N2Si.2C8H9.Pd/c1-6-8-10-11-12-13-14-15-16-17-18-19-20-21-22-23-24-25-26-27-28-29-30-31-37-46-38-32-33-40-49(46)50(47(36-9-7-2)41-42-52-51)48-39-34-35-45(43-48)44-53(3,4)5;2*1-2-8-6-4-3-5-7-8;/h29-30,32-35,38-41,43H,6-28,31,36-37,44H2,1-5H3;2*3-7H,1-2H2;. The SMILES string of the molecule is CCCCCCCCCCCCCCCCCCCCCCC=CCCc1ccccc1C(=C(C=C=[N+]=[N-])CCCC)c1cccc(C[Si](C)(C)C)c1.c1ccc(C[CH2][Pd][CH2]Cc2ccccc2)cc1. The number of benzene rings is 4. The number of allylic oxidation sites excluding steroid dienone is 4. The number of unbranched alkanes of at least 4 members (excludes halogenated alkanes) is 21. The van der Waals surface area contributed by atoms with Crippen LogP contribution in [0.4, 0.5) is 0 Å². The summed E-state index contributed by atoms with van der Waals surface area (Å²) in [6.07, 6.45) is 44.2. The summed E-state index contributed by atoms with van der Waals surface area (Å²) in [7, 11) is -1.26. The van der Waals surface area contributed by atoms with Crippen LogP contribution < -0.4 is 0 Å². The van der Waals surface area contributed by atoms with E-state index in [0.717, 1.165) is 50.1 Å². The van der Waals surface area contributed by atoms with E-state index in [-0.39, 0.29) is 0 Å². The Morgan fingerprint density at radius 3 is 1.50 bits per heavy atom. The predicted octanol–water partition coefficient (Wildman–Crippen LogP) is 20.6. The quantitative estimate of drug-likeness (QED) is 0.00816. The Morgan fingerprint density at radius 2 is 0.986 bits per heavy atom. The van der Waals surface area contributed by atoms with Gasteiger partial charge >= 0.3 is 112 Å². The summed E-state index contributed by atoms with van der Waals surface area (Å²) in [6, 6.07) is 40.9. The van der Waals surface area contributed by atoms with Gasteiger partial charge in [-0.2, -0.15) is 0 Å². The summed E-state index contributed by atoms with van der Waals surface area (Å²) >= 11 is 0.891. The Bertz CT molecular complexity index is 1990. The first-order chi connectivity index (χ1) is 34.3. The molecule has 0 amide bonds. The van der Waals surface area contributed by atoms with Crippen molar-refractivity contribution in [3.05, 3.63) is 172 Å². The van der Waals surface area contributed by atoms with E-state index < -0.39 is 8.07 Å². The maximum atomic E-state index is 9.30. The Morgan fingerprint density at radius 1 is 0.514 bits per heavy atom. The van der Waals surface area contributed by atoms with E-state index in [2.05, 4.69) is 165 Å². The van der Waals surface area contributed by atoms with Crippen LogP contribution >= 0.6 is 0 Å². The molecular formula is C66H98N2PdSi. The molecule has 0 heterocycles. The second kappa shape index (κ2) is 40.9. The van der Waals surface area contributed by atoms with Crippen molar-refractivity contribution in [3.8, 4) is 0 Å². The van der Waals surface area contributed by atoms with Gasteiger partial charge in [0.15, 0.2) is 0 Å². The van der Waals surface area contributed by atoms with Gasteiger partial charge in [-0.3, -0.25) is 0 Å². The van der Waals surface area contributed by atoms with Gasteiger partial charge in [0.05, 0.1) is 6.08 Å². The van der Waals surface area contributed by atoms with Crippen LogP contribution in [-0.4, -0.2) is 18.7 Å². The molecule has 2 nitrogen and oxygen atoms in total. The van der Waals surface area contributed by atoms with Crippen molar-refractivity contribution in [2.24, 2.45) is 0 Å². The third-order valence-electron chi connectivity index (χ3n) is 13.3. The number of hydrogen-bond donors (Lipinski definition) is 0. The molecule has 4 aromatic carbocycles. The topological polar surface area (TPSA) is 36.4 Å². The first-order valence-electron chi connectivity index (χ1n) is 28.4. The molecule has 0 unspecified atom stereocenters. The third-order valence-corrected chi connectivity index (χ3v) is 16.6. The molecule has 0 bridgehead atoms. The maximum absolute atomic E-state index is 9.30. The Kier molecular flexibility index (Phi) is 35.5. The minimum absolute atomic E-state index is 0.891. The monoisotopic (exact) mass is 1050 g/mol. The van der Waals surface area contributed by atoms with Crippen LogP contribution in [0.15, 0.2) is 133 Å². The van der Waals surface area contributed by atoms with E-state index in [0.29, 0.717) is 0 Å². The van der Waals surface area contributed by atoms with E-state index in [4.69, 9.17) is 0 Å². The molecule has 386 valence electrons. The predicted molar refractivity (Wildman–Crippen MR) is 309 cm³/mol. The average molecular weight is 1050 g/mol. The van der Waals surface area contributed by atoms with Gasteiger partial charge in [0.2, 0.25) is 0 Å². The molecule has 0 fully saturated rings. The molecule has 0 saturated carbocycles. The van der Waals surface area contributed by atoms with Gasteiger partial charge in [-0.15, -0.1) is 4.79 Å². The van der Waals surface area contributed by atoms with Crippen molar-refractivity contribution < 1.29 is 22.8 Å². The van der Waals surface area contributed by atoms with Crippen LogP contribution in [0.5, 0.6) is 0 Å². The zero-order valence-corrected chi connectivity index (χ0v) is 47.8.